The first-order valence-electron chi connectivity index (χ1n) is 7.81. The van der Waals surface area contributed by atoms with Crippen LogP contribution in [0.2, 0.25) is 0 Å². The number of allylic oxidation sites excluding steroid dienone is 4. The minimum absolute atomic E-state index is 1.14. The topological polar surface area (TPSA) is 9.23 Å². The molecule has 18 heavy (non-hydrogen) atoms. The quantitative estimate of drug-likeness (QED) is 0.537. The Bertz CT molecular complexity index is 240. The van der Waals surface area contributed by atoms with Crippen LogP contribution < -0.4 is 0 Å². The molecule has 104 valence electrons. The van der Waals surface area contributed by atoms with E-state index in [1.807, 2.05) is 7.11 Å². The average Bonchev–Trinajstić information content (AvgIpc) is 2.39. The van der Waals surface area contributed by atoms with Gasteiger partial charge in [0.25, 0.3) is 0 Å². The largest absolute Gasteiger partial charge is 0.501 e. The number of hydrogen-bond donors (Lipinski definition) is 0. The summed E-state index contributed by atoms with van der Waals surface area (Å²) < 4.78 is 5.44. The first kappa shape index (κ1) is 15.3. The molecule has 0 aromatic heterocycles. The molecule has 1 rings (SSSR count). The van der Waals surface area contributed by atoms with Gasteiger partial charge in [-0.2, -0.15) is 0 Å². The third kappa shape index (κ3) is 8.38. The summed E-state index contributed by atoms with van der Waals surface area (Å²) in [5.41, 5.74) is 0. The van der Waals surface area contributed by atoms with Crippen LogP contribution in [-0.2, 0) is 4.74 Å². The Labute approximate surface area is 113 Å². The van der Waals surface area contributed by atoms with Crippen molar-refractivity contribution in [3.63, 3.8) is 0 Å². The molecule has 1 heteroatoms. The van der Waals surface area contributed by atoms with Crippen molar-refractivity contribution in [1.82, 2.24) is 0 Å². The molecule has 0 N–H and O–H groups in total. The highest BCUT2D eigenvalue weighted by molar-refractivity contribution is 4.92. The van der Waals surface area contributed by atoms with Crippen LogP contribution in [0.4, 0.5) is 0 Å². The Morgan fingerprint density at radius 3 is 2.00 bits per heavy atom. The molecule has 0 aliphatic heterocycles. The Morgan fingerprint density at radius 1 is 0.722 bits per heavy atom. The number of rotatable bonds is 1. The summed E-state index contributed by atoms with van der Waals surface area (Å²) in [6.07, 6.45) is 22.7. The molecule has 0 saturated carbocycles. The second-order valence-corrected chi connectivity index (χ2v) is 5.29. The summed E-state index contributed by atoms with van der Waals surface area (Å²) >= 11 is 0. The van der Waals surface area contributed by atoms with Crippen molar-refractivity contribution in [3.05, 3.63) is 24.0 Å². The fourth-order valence-corrected chi connectivity index (χ4v) is 2.46. The molecule has 1 aliphatic rings. The van der Waals surface area contributed by atoms with Crippen LogP contribution >= 0.6 is 0 Å². The van der Waals surface area contributed by atoms with Crippen molar-refractivity contribution in [1.29, 1.82) is 0 Å². The molecule has 0 saturated heterocycles. The van der Waals surface area contributed by atoms with E-state index in [2.05, 4.69) is 18.2 Å². The molecule has 0 spiro atoms. The normalized spacial score (nSPS) is 25.9. The van der Waals surface area contributed by atoms with Gasteiger partial charge in [0, 0.05) is 6.42 Å². The van der Waals surface area contributed by atoms with Crippen molar-refractivity contribution < 1.29 is 4.74 Å². The minimum Gasteiger partial charge on any atom is -0.501 e. The van der Waals surface area contributed by atoms with Gasteiger partial charge in [-0.1, -0.05) is 37.8 Å². The standard InChI is InChI=1S/C17H30O/c1-18-17-15-13-11-9-7-5-3-2-4-6-8-10-12-14-16-17/h3,5,15H,2,4,6-14,16H2,1H3/b5-3-,17-15+. The van der Waals surface area contributed by atoms with E-state index in [-0.39, 0.29) is 0 Å². The van der Waals surface area contributed by atoms with E-state index in [1.165, 1.54) is 76.4 Å². The molecule has 0 fully saturated rings. The summed E-state index contributed by atoms with van der Waals surface area (Å²) in [6, 6.07) is 0. The first-order valence-corrected chi connectivity index (χ1v) is 7.81. The maximum absolute atomic E-state index is 5.44. The van der Waals surface area contributed by atoms with E-state index < -0.39 is 0 Å². The van der Waals surface area contributed by atoms with Gasteiger partial charge in [-0.15, -0.1) is 0 Å². The molecule has 0 amide bonds. The predicted octanol–water partition coefficient (Wildman–Crippen LogP) is 5.77. The van der Waals surface area contributed by atoms with E-state index in [4.69, 9.17) is 4.74 Å². The van der Waals surface area contributed by atoms with Crippen molar-refractivity contribution >= 4 is 0 Å². The van der Waals surface area contributed by atoms with Gasteiger partial charge in [-0.25, -0.2) is 0 Å². The van der Waals surface area contributed by atoms with Crippen LogP contribution in [-0.4, -0.2) is 7.11 Å². The first-order chi connectivity index (χ1) is 8.93. The number of ether oxygens (including phenoxy) is 1. The van der Waals surface area contributed by atoms with E-state index in [0.717, 1.165) is 6.42 Å². The summed E-state index contributed by atoms with van der Waals surface area (Å²) in [7, 11) is 1.81. The highest BCUT2D eigenvalue weighted by Gasteiger charge is 1.98. The second kappa shape index (κ2) is 11.4. The molecule has 0 unspecified atom stereocenters. The lowest BCUT2D eigenvalue weighted by atomic mass is 10.1. The highest BCUT2D eigenvalue weighted by Crippen LogP contribution is 2.15. The molecule has 0 radical (unpaired) electrons. The van der Waals surface area contributed by atoms with Gasteiger partial charge in [0.1, 0.15) is 0 Å². The molecule has 1 nitrogen and oxygen atoms in total. The Balaban J connectivity index is 2.30. The summed E-state index contributed by atoms with van der Waals surface area (Å²) in [4.78, 5) is 0. The highest BCUT2D eigenvalue weighted by atomic mass is 16.5. The van der Waals surface area contributed by atoms with E-state index in [0.29, 0.717) is 0 Å². The zero-order valence-electron chi connectivity index (χ0n) is 12.1. The van der Waals surface area contributed by atoms with E-state index in [1.54, 1.807) is 0 Å². The lowest BCUT2D eigenvalue weighted by molar-refractivity contribution is 0.271. The molecule has 0 atom stereocenters. The van der Waals surface area contributed by atoms with Gasteiger partial charge < -0.3 is 4.74 Å². The fourth-order valence-electron chi connectivity index (χ4n) is 2.46. The monoisotopic (exact) mass is 250 g/mol. The third-order valence-electron chi connectivity index (χ3n) is 3.67. The molecule has 0 aromatic rings. The fraction of sp³-hybridized carbons (Fsp3) is 0.765. The number of hydrogen-bond acceptors (Lipinski definition) is 1. The Morgan fingerprint density at radius 2 is 1.28 bits per heavy atom. The minimum atomic E-state index is 1.14. The average molecular weight is 250 g/mol. The van der Waals surface area contributed by atoms with Crippen LogP contribution in [0.1, 0.15) is 77.0 Å². The summed E-state index contributed by atoms with van der Waals surface area (Å²) in [5, 5.41) is 0. The van der Waals surface area contributed by atoms with Crippen molar-refractivity contribution in [2.45, 2.75) is 77.0 Å². The molecular formula is C17H30O. The second-order valence-electron chi connectivity index (χ2n) is 5.29. The predicted molar refractivity (Wildman–Crippen MR) is 79.6 cm³/mol. The van der Waals surface area contributed by atoms with Gasteiger partial charge in [-0.3, -0.25) is 0 Å². The number of methoxy groups -OCH3 is 1. The van der Waals surface area contributed by atoms with E-state index in [9.17, 15) is 0 Å². The molecular weight excluding hydrogens is 220 g/mol. The van der Waals surface area contributed by atoms with Gasteiger partial charge in [0.05, 0.1) is 12.9 Å². The molecule has 0 heterocycles. The smallest absolute Gasteiger partial charge is 0.0915 e. The molecule has 0 bridgehead atoms. The van der Waals surface area contributed by atoms with Crippen LogP contribution in [0.3, 0.4) is 0 Å². The maximum Gasteiger partial charge on any atom is 0.0915 e. The van der Waals surface area contributed by atoms with Gasteiger partial charge >= 0.3 is 0 Å². The molecule has 1 aliphatic carbocycles. The maximum atomic E-state index is 5.44. The Kier molecular flexibility index (Phi) is 9.69. The Hall–Kier alpha value is -0.720. The lowest BCUT2D eigenvalue weighted by Gasteiger charge is -2.07. The van der Waals surface area contributed by atoms with Crippen LogP contribution in [0, 0.1) is 0 Å². The van der Waals surface area contributed by atoms with Gasteiger partial charge in [0.2, 0.25) is 0 Å². The zero-order valence-corrected chi connectivity index (χ0v) is 12.1. The van der Waals surface area contributed by atoms with Crippen LogP contribution in [0.25, 0.3) is 0 Å². The van der Waals surface area contributed by atoms with Crippen LogP contribution in [0.15, 0.2) is 24.0 Å². The zero-order chi connectivity index (χ0) is 12.9. The summed E-state index contributed by atoms with van der Waals surface area (Å²) in [5.74, 6) is 1.21. The van der Waals surface area contributed by atoms with Crippen LogP contribution in [0.5, 0.6) is 0 Å². The van der Waals surface area contributed by atoms with Gasteiger partial charge in [0.15, 0.2) is 0 Å². The van der Waals surface area contributed by atoms with Crippen molar-refractivity contribution in [2.75, 3.05) is 7.11 Å². The lowest BCUT2D eigenvalue weighted by Crippen LogP contribution is -1.89. The van der Waals surface area contributed by atoms with Crippen molar-refractivity contribution in [2.24, 2.45) is 0 Å². The third-order valence-corrected chi connectivity index (χ3v) is 3.67. The molecule has 0 aromatic carbocycles. The van der Waals surface area contributed by atoms with Crippen molar-refractivity contribution in [3.8, 4) is 0 Å². The summed E-state index contributed by atoms with van der Waals surface area (Å²) in [6.45, 7) is 0. The van der Waals surface area contributed by atoms with Gasteiger partial charge in [-0.05, 0) is 51.0 Å². The van der Waals surface area contributed by atoms with E-state index >= 15 is 0 Å². The SMILES string of the molecule is CO/C1=C/CCCC/C=C\CCCCCCCC1.